The highest BCUT2D eigenvalue weighted by molar-refractivity contribution is 6.30. The van der Waals surface area contributed by atoms with Gasteiger partial charge >= 0.3 is 0 Å². The Morgan fingerprint density at radius 1 is 1.13 bits per heavy atom. The third-order valence-corrected chi connectivity index (χ3v) is 5.68. The molecule has 1 amide bonds. The summed E-state index contributed by atoms with van der Waals surface area (Å²) in [5, 5.41) is 15.4. The first kappa shape index (κ1) is 20.4. The van der Waals surface area contributed by atoms with Gasteiger partial charge in [0.1, 0.15) is 0 Å². The predicted molar refractivity (Wildman–Crippen MR) is 117 cm³/mol. The molecule has 30 heavy (non-hydrogen) atoms. The standard InChI is InChI=1S/C23H25ClN4O2/c1-17-14-26(15-18-6-3-2-4-7-18)12-5-13-27(17)23(30)22-21(29)16-28(25-22)20-10-8-19(24)9-11-20/h2-4,6-11,16-17,29H,5,12-15H2,1H3/t17-/m0/s1. The lowest BCUT2D eigenvalue weighted by atomic mass is 10.2. The molecule has 1 saturated heterocycles. The average Bonchev–Trinajstić information content (AvgIpc) is 3.03. The number of carbonyl (C=O) groups is 1. The molecule has 3 aromatic rings. The second-order valence-corrected chi connectivity index (χ2v) is 8.14. The van der Waals surface area contributed by atoms with E-state index in [1.165, 1.54) is 16.4 Å². The van der Waals surface area contributed by atoms with Crippen LogP contribution in [0.4, 0.5) is 0 Å². The zero-order valence-corrected chi connectivity index (χ0v) is 17.7. The Labute approximate surface area is 181 Å². The molecule has 0 unspecified atom stereocenters. The van der Waals surface area contributed by atoms with E-state index in [-0.39, 0.29) is 23.4 Å². The number of aromatic hydroxyl groups is 1. The first-order valence-electron chi connectivity index (χ1n) is 10.1. The summed E-state index contributed by atoms with van der Waals surface area (Å²) >= 11 is 5.94. The third-order valence-electron chi connectivity index (χ3n) is 5.43. The van der Waals surface area contributed by atoms with Crippen molar-refractivity contribution in [2.45, 2.75) is 25.9 Å². The molecular weight excluding hydrogens is 400 g/mol. The maximum absolute atomic E-state index is 13.2. The Kier molecular flexibility index (Phi) is 6.06. The number of hydrogen-bond donors (Lipinski definition) is 1. The van der Waals surface area contributed by atoms with Gasteiger partial charge in [0.2, 0.25) is 0 Å². The normalized spacial score (nSPS) is 17.7. The zero-order valence-electron chi connectivity index (χ0n) is 16.9. The molecule has 0 spiro atoms. The van der Waals surface area contributed by atoms with Crippen molar-refractivity contribution in [1.29, 1.82) is 0 Å². The van der Waals surface area contributed by atoms with Gasteiger partial charge in [-0.25, -0.2) is 4.68 Å². The van der Waals surface area contributed by atoms with E-state index in [4.69, 9.17) is 11.6 Å². The van der Waals surface area contributed by atoms with Gasteiger partial charge in [-0.2, -0.15) is 5.10 Å². The Hall–Kier alpha value is -2.83. The Morgan fingerprint density at radius 3 is 2.60 bits per heavy atom. The van der Waals surface area contributed by atoms with Crippen LogP contribution in [0.25, 0.3) is 5.69 Å². The number of nitrogens with zero attached hydrogens (tertiary/aromatic N) is 4. The number of amides is 1. The fourth-order valence-corrected chi connectivity index (χ4v) is 4.04. The highest BCUT2D eigenvalue weighted by Gasteiger charge is 2.29. The molecular formula is C23H25ClN4O2. The highest BCUT2D eigenvalue weighted by atomic mass is 35.5. The minimum Gasteiger partial charge on any atom is -0.504 e. The van der Waals surface area contributed by atoms with E-state index >= 15 is 0 Å². The summed E-state index contributed by atoms with van der Waals surface area (Å²) in [6, 6.07) is 17.5. The van der Waals surface area contributed by atoms with Crippen LogP contribution in [0.1, 0.15) is 29.4 Å². The molecule has 1 aromatic heterocycles. The number of carbonyl (C=O) groups excluding carboxylic acids is 1. The molecule has 0 radical (unpaired) electrons. The van der Waals surface area contributed by atoms with Crippen molar-refractivity contribution in [3.05, 3.63) is 77.1 Å². The summed E-state index contributed by atoms with van der Waals surface area (Å²) < 4.78 is 1.50. The van der Waals surface area contributed by atoms with E-state index in [1.54, 1.807) is 24.3 Å². The van der Waals surface area contributed by atoms with Crippen LogP contribution in [-0.2, 0) is 6.54 Å². The fraction of sp³-hybridized carbons (Fsp3) is 0.304. The van der Waals surface area contributed by atoms with Gasteiger partial charge in [0.05, 0.1) is 11.9 Å². The maximum Gasteiger partial charge on any atom is 0.278 e. The maximum atomic E-state index is 13.2. The topological polar surface area (TPSA) is 61.6 Å². The summed E-state index contributed by atoms with van der Waals surface area (Å²) in [4.78, 5) is 17.4. The van der Waals surface area contributed by atoms with Gasteiger partial charge in [0, 0.05) is 37.2 Å². The second-order valence-electron chi connectivity index (χ2n) is 7.71. The zero-order chi connectivity index (χ0) is 21.1. The van der Waals surface area contributed by atoms with Crippen LogP contribution in [0.2, 0.25) is 5.02 Å². The van der Waals surface area contributed by atoms with Crippen molar-refractivity contribution in [3.8, 4) is 11.4 Å². The van der Waals surface area contributed by atoms with E-state index in [0.29, 0.717) is 11.6 Å². The summed E-state index contributed by atoms with van der Waals surface area (Å²) in [6.07, 6.45) is 2.34. The van der Waals surface area contributed by atoms with Gasteiger partial charge in [0.15, 0.2) is 11.4 Å². The van der Waals surface area contributed by atoms with Gasteiger partial charge in [-0.1, -0.05) is 41.9 Å². The molecule has 4 rings (SSSR count). The second kappa shape index (κ2) is 8.90. The van der Waals surface area contributed by atoms with Crippen LogP contribution in [0, 0.1) is 0 Å². The van der Waals surface area contributed by atoms with Gasteiger partial charge in [-0.15, -0.1) is 0 Å². The lowest BCUT2D eigenvalue weighted by molar-refractivity contribution is 0.0682. The first-order valence-corrected chi connectivity index (χ1v) is 10.5. The monoisotopic (exact) mass is 424 g/mol. The Morgan fingerprint density at radius 2 is 1.87 bits per heavy atom. The molecule has 2 heterocycles. The minimum atomic E-state index is -0.241. The van der Waals surface area contributed by atoms with Crippen molar-refractivity contribution < 1.29 is 9.90 Å². The Bertz CT molecular complexity index is 1000. The third kappa shape index (κ3) is 4.50. The Balaban J connectivity index is 1.48. The molecule has 2 aromatic carbocycles. The largest absolute Gasteiger partial charge is 0.504 e. The lowest BCUT2D eigenvalue weighted by Crippen LogP contribution is -2.42. The smallest absolute Gasteiger partial charge is 0.278 e. The molecule has 1 atom stereocenters. The van der Waals surface area contributed by atoms with E-state index in [0.717, 1.165) is 31.7 Å². The van der Waals surface area contributed by atoms with Crippen molar-refractivity contribution in [1.82, 2.24) is 19.6 Å². The summed E-state index contributed by atoms with van der Waals surface area (Å²) in [5.74, 6) is -0.359. The van der Waals surface area contributed by atoms with Crippen LogP contribution in [0.15, 0.2) is 60.8 Å². The minimum absolute atomic E-state index is 0.0174. The van der Waals surface area contributed by atoms with Gasteiger partial charge in [-0.05, 0) is 43.2 Å². The molecule has 1 aliphatic rings. The average molecular weight is 425 g/mol. The fourth-order valence-electron chi connectivity index (χ4n) is 3.91. The molecule has 6 nitrogen and oxygen atoms in total. The number of benzene rings is 2. The SMILES string of the molecule is C[C@H]1CN(Cc2ccccc2)CCCN1C(=O)c1nn(-c2ccc(Cl)cc2)cc1O. The molecule has 1 fully saturated rings. The number of rotatable bonds is 4. The number of aromatic nitrogens is 2. The predicted octanol–water partition coefficient (Wildman–Crippen LogP) is 3.97. The summed E-state index contributed by atoms with van der Waals surface area (Å²) in [6.45, 7) is 5.25. The van der Waals surface area contributed by atoms with Crippen molar-refractivity contribution >= 4 is 17.5 Å². The van der Waals surface area contributed by atoms with Crippen molar-refractivity contribution in [3.63, 3.8) is 0 Å². The first-order chi connectivity index (χ1) is 14.5. The number of halogens is 1. The van der Waals surface area contributed by atoms with Crippen LogP contribution < -0.4 is 0 Å². The van der Waals surface area contributed by atoms with E-state index < -0.39 is 0 Å². The molecule has 1 N–H and O–H groups in total. The molecule has 7 heteroatoms. The van der Waals surface area contributed by atoms with Crippen LogP contribution in [0.3, 0.4) is 0 Å². The van der Waals surface area contributed by atoms with E-state index in [9.17, 15) is 9.90 Å². The molecule has 1 aliphatic heterocycles. The van der Waals surface area contributed by atoms with E-state index in [2.05, 4.69) is 29.1 Å². The highest BCUT2D eigenvalue weighted by Crippen LogP contribution is 2.23. The molecule has 0 saturated carbocycles. The quantitative estimate of drug-likeness (QED) is 0.688. The summed E-state index contributed by atoms with van der Waals surface area (Å²) in [5.41, 5.74) is 2.07. The van der Waals surface area contributed by atoms with Crippen LogP contribution in [-0.4, -0.2) is 56.3 Å². The van der Waals surface area contributed by atoms with E-state index in [1.807, 2.05) is 23.1 Å². The van der Waals surface area contributed by atoms with Crippen LogP contribution >= 0.6 is 11.6 Å². The molecule has 0 bridgehead atoms. The van der Waals surface area contributed by atoms with Crippen LogP contribution in [0.5, 0.6) is 5.75 Å². The molecule has 156 valence electrons. The number of hydrogen-bond acceptors (Lipinski definition) is 4. The van der Waals surface area contributed by atoms with Crippen molar-refractivity contribution in [2.24, 2.45) is 0 Å². The van der Waals surface area contributed by atoms with Gasteiger partial charge < -0.3 is 10.0 Å². The van der Waals surface area contributed by atoms with Crippen molar-refractivity contribution in [2.75, 3.05) is 19.6 Å². The summed E-state index contributed by atoms with van der Waals surface area (Å²) in [7, 11) is 0. The molecule has 0 aliphatic carbocycles. The van der Waals surface area contributed by atoms with Gasteiger partial charge in [0.25, 0.3) is 5.91 Å². The lowest BCUT2D eigenvalue weighted by Gasteiger charge is -2.28. The van der Waals surface area contributed by atoms with Gasteiger partial charge in [-0.3, -0.25) is 9.69 Å².